The van der Waals surface area contributed by atoms with Crippen LogP contribution in [-0.2, 0) is 11.3 Å². The molecule has 1 rings (SSSR count). The zero-order chi connectivity index (χ0) is 13.2. The highest BCUT2D eigenvalue weighted by Gasteiger charge is 2.03. The molecule has 0 radical (unpaired) electrons. The van der Waals surface area contributed by atoms with Gasteiger partial charge < -0.3 is 14.8 Å². The highest BCUT2D eigenvalue weighted by Crippen LogP contribution is 2.17. The van der Waals surface area contributed by atoms with Gasteiger partial charge in [-0.15, -0.1) is 0 Å². The smallest absolute Gasteiger partial charge is 0.123 e. The number of hydrogen-bond donors (Lipinski definition) is 1. The van der Waals surface area contributed by atoms with Crippen molar-refractivity contribution in [2.45, 2.75) is 39.3 Å². The second-order valence-corrected chi connectivity index (χ2v) is 4.46. The summed E-state index contributed by atoms with van der Waals surface area (Å²) in [6.07, 6.45) is 2.59. The molecule has 0 saturated heterocycles. The third kappa shape index (κ3) is 5.52. The van der Waals surface area contributed by atoms with Crippen LogP contribution in [0, 0.1) is 0 Å². The maximum Gasteiger partial charge on any atom is 0.123 e. The lowest BCUT2D eigenvalue weighted by Gasteiger charge is -2.14. The summed E-state index contributed by atoms with van der Waals surface area (Å²) in [5.74, 6) is 0.943. The molecular formula is C15H25NO2. The Morgan fingerprint density at radius 3 is 2.72 bits per heavy atom. The van der Waals surface area contributed by atoms with Crippen molar-refractivity contribution in [3.05, 3.63) is 29.8 Å². The molecule has 3 heteroatoms. The molecule has 102 valence electrons. The lowest BCUT2D eigenvalue weighted by molar-refractivity contribution is 0.0393. The van der Waals surface area contributed by atoms with Gasteiger partial charge in [0.25, 0.3) is 0 Å². The van der Waals surface area contributed by atoms with Crippen molar-refractivity contribution in [3.63, 3.8) is 0 Å². The maximum absolute atomic E-state index is 5.75. The van der Waals surface area contributed by atoms with Crippen molar-refractivity contribution < 1.29 is 9.47 Å². The van der Waals surface area contributed by atoms with Crippen LogP contribution in [0.5, 0.6) is 5.75 Å². The number of benzene rings is 1. The first-order valence-electron chi connectivity index (χ1n) is 6.74. The van der Waals surface area contributed by atoms with Gasteiger partial charge in [-0.05, 0) is 26.5 Å². The van der Waals surface area contributed by atoms with Crippen LogP contribution >= 0.6 is 0 Å². The fourth-order valence-electron chi connectivity index (χ4n) is 1.87. The summed E-state index contributed by atoms with van der Waals surface area (Å²) >= 11 is 0. The molecule has 0 amide bonds. The monoisotopic (exact) mass is 251 g/mol. The molecule has 18 heavy (non-hydrogen) atoms. The molecule has 1 unspecified atom stereocenters. The molecule has 0 heterocycles. The summed E-state index contributed by atoms with van der Waals surface area (Å²) < 4.78 is 11.4. The normalized spacial score (nSPS) is 12.4. The highest BCUT2D eigenvalue weighted by atomic mass is 16.5. The van der Waals surface area contributed by atoms with Gasteiger partial charge in [-0.25, -0.2) is 0 Å². The minimum Gasteiger partial charge on any atom is -0.491 e. The predicted molar refractivity (Wildman–Crippen MR) is 75.0 cm³/mol. The lowest BCUT2D eigenvalue weighted by Crippen LogP contribution is -2.15. The molecule has 1 atom stereocenters. The van der Waals surface area contributed by atoms with Crippen LogP contribution in [0.2, 0.25) is 0 Å². The van der Waals surface area contributed by atoms with Crippen LogP contribution in [-0.4, -0.2) is 26.4 Å². The average Bonchev–Trinajstić information content (AvgIpc) is 2.37. The van der Waals surface area contributed by atoms with Crippen molar-refractivity contribution in [1.82, 2.24) is 5.32 Å². The Morgan fingerprint density at radius 2 is 2.00 bits per heavy atom. The van der Waals surface area contributed by atoms with E-state index in [-0.39, 0.29) is 0 Å². The van der Waals surface area contributed by atoms with Gasteiger partial charge in [-0.1, -0.05) is 31.5 Å². The van der Waals surface area contributed by atoms with E-state index in [1.165, 1.54) is 5.56 Å². The fourth-order valence-corrected chi connectivity index (χ4v) is 1.87. The second kappa shape index (κ2) is 8.95. The van der Waals surface area contributed by atoms with Crippen LogP contribution in [0.4, 0.5) is 0 Å². The third-order valence-corrected chi connectivity index (χ3v) is 2.78. The van der Waals surface area contributed by atoms with Crippen LogP contribution in [0.3, 0.4) is 0 Å². The molecule has 0 aliphatic rings. The highest BCUT2D eigenvalue weighted by molar-refractivity contribution is 5.33. The number of nitrogens with one attached hydrogen (secondary N) is 1. The van der Waals surface area contributed by atoms with Crippen LogP contribution < -0.4 is 10.1 Å². The van der Waals surface area contributed by atoms with Gasteiger partial charge in [-0.3, -0.25) is 0 Å². The molecule has 0 aromatic heterocycles. The van der Waals surface area contributed by atoms with Crippen LogP contribution in [0.1, 0.15) is 32.3 Å². The molecule has 3 nitrogen and oxygen atoms in total. The minimum atomic E-state index is 0.325. The predicted octanol–water partition coefficient (Wildman–Crippen LogP) is 2.99. The van der Waals surface area contributed by atoms with Gasteiger partial charge in [0.15, 0.2) is 0 Å². The first-order valence-corrected chi connectivity index (χ1v) is 6.74. The molecular weight excluding hydrogens is 226 g/mol. The molecule has 0 saturated carbocycles. The number of rotatable bonds is 9. The Labute approximate surface area is 110 Å². The first-order chi connectivity index (χ1) is 8.77. The fraction of sp³-hybridized carbons (Fsp3) is 0.600. The second-order valence-electron chi connectivity index (χ2n) is 4.46. The molecule has 0 aliphatic heterocycles. The van der Waals surface area contributed by atoms with Crippen LogP contribution in [0.15, 0.2) is 24.3 Å². The van der Waals surface area contributed by atoms with E-state index in [4.69, 9.17) is 9.47 Å². The third-order valence-electron chi connectivity index (χ3n) is 2.78. The minimum absolute atomic E-state index is 0.325. The van der Waals surface area contributed by atoms with Gasteiger partial charge in [-0.2, -0.15) is 0 Å². The number of para-hydroxylation sites is 1. The summed E-state index contributed by atoms with van der Waals surface area (Å²) in [4.78, 5) is 0. The topological polar surface area (TPSA) is 30.5 Å². The standard InChI is InChI=1S/C15H25NO2/c1-4-7-13(2)17-10-11-18-15-9-6-5-8-14(15)12-16-3/h5-6,8-9,13,16H,4,7,10-12H2,1-3H3. The largest absolute Gasteiger partial charge is 0.491 e. The average molecular weight is 251 g/mol. The summed E-state index contributed by atoms with van der Waals surface area (Å²) in [6.45, 7) is 6.36. The summed E-state index contributed by atoms with van der Waals surface area (Å²) in [6, 6.07) is 8.10. The van der Waals surface area contributed by atoms with E-state index in [9.17, 15) is 0 Å². The van der Waals surface area contributed by atoms with Gasteiger partial charge in [0, 0.05) is 12.1 Å². The van der Waals surface area contributed by atoms with Gasteiger partial charge in [0.2, 0.25) is 0 Å². The van der Waals surface area contributed by atoms with E-state index in [0.29, 0.717) is 19.3 Å². The maximum atomic E-state index is 5.75. The van der Waals surface area contributed by atoms with E-state index in [1.54, 1.807) is 0 Å². The van der Waals surface area contributed by atoms with E-state index in [2.05, 4.69) is 25.2 Å². The summed E-state index contributed by atoms with van der Waals surface area (Å²) in [5.41, 5.74) is 1.18. The van der Waals surface area contributed by atoms with Crippen LogP contribution in [0.25, 0.3) is 0 Å². The Balaban J connectivity index is 2.30. The Morgan fingerprint density at radius 1 is 1.22 bits per heavy atom. The van der Waals surface area contributed by atoms with Crippen molar-refractivity contribution >= 4 is 0 Å². The lowest BCUT2D eigenvalue weighted by atomic mass is 10.2. The number of ether oxygens (including phenoxy) is 2. The van der Waals surface area contributed by atoms with Gasteiger partial charge >= 0.3 is 0 Å². The van der Waals surface area contributed by atoms with Gasteiger partial charge in [0.05, 0.1) is 12.7 Å². The zero-order valence-electron chi connectivity index (χ0n) is 11.7. The Bertz CT molecular complexity index is 328. The Hall–Kier alpha value is -1.06. The van der Waals surface area contributed by atoms with E-state index in [0.717, 1.165) is 25.1 Å². The Kier molecular flexibility index (Phi) is 7.46. The van der Waals surface area contributed by atoms with Crippen molar-refractivity contribution in [1.29, 1.82) is 0 Å². The SMILES string of the molecule is CCCC(C)OCCOc1ccccc1CNC. The quantitative estimate of drug-likeness (QED) is 0.684. The van der Waals surface area contributed by atoms with E-state index < -0.39 is 0 Å². The summed E-state index contributed by atoms with van der Waals surface area (Å²) in [7, 11) is 1.94. The summed E-state index contributed by atoms with van der Waals surface area (Å²) in [5, 5.41) is 3.14. The van der Waals surface area contributed by atoms with E-state index >= 15 is 0 Å². The van der Waals surface area contributed by atoms with Gasteiger partial charge in [0.1, 0.15) is 12.4 Å². The van der Waals surface area contributed by atoms with Crippen molar-refractivity contribution in [3.8, 4) is 5.75 Å². The van der Waals surface area contributed by atoms with Crippen molar-refractivity contribution in [2.75, 3.05) is 20.3 Å². The molecule has 0 bridgehead atoms. The molecule has 0 spiro atoms. The zero-order valence-corrected chi connectivity index (χ0v) is 11.7. The molecule has 1 aromatic carbocycles. The van der Waals surface area contributed by atoms with E-state index in [1.807, 2.05) is 25.2 Å². The first kappa shape index (κ1) is 15.0. The molecule has 1 N–H and O–H groups in total. The molecule has 0 fully saturated rings. The number of hydrogen-bond acceptors (Lipinski definition) is 3. The molecule has 1 aromatic rings. The van der Waals surface area contributed by atoms with Crippen molar-refractivity contribution in [2.24, 2.45) is 0 Å². The molecule has 0 aliphatic carbocycles.